The van der Waals surface area contributed by atoms with Crippen molar-refractivity contribution < 1.29 is 4.79 Å². The Hall–Kier alpha value is -2.60. The Kier molecular flexibility index (Phi) is 6.52. The number of hydrogen-bond acceptors (Lipinski definition) is 4. The topological polar surface area (TPSA) is 64.0 Å². The highest BCUT2D eigenvalue weighted by Crippen LogP contribution is 2.23. The number of benzene rings is 2. The first-order valence-corrected chi connectivity index (χ1v) is 10.5. The lowest BCUT2D eigenvalue weighted by Crippen LogP contribution is -2.27. The van der Waals surface area contributed by atoms with Crippen LogP contribution >= 0.6 is 11.8 Å². The molecule has 6 heteroatoms. The van der Waals surface area contributed by atoms with Crippen LogP contribution in [-0.4, -0.2) is 27.8 Å². The van der Waals surface area contributed by atoms with Gasteiger partial charge >= 0.3 is 0 Å². The van der Waals surface area contributed by atoms with Gasteiger partial charge in [-0.15, -0.1) is 0 Å². The molecule has 0 unspecified atom stereocenters. The van der Waals surface area contributed by atoms with Gasteiger partial charge in [0.05, 0.1) is 22.3 Å². The number of aryl methyl sites for hydroxylation is 2. The summed E-state index contributed by atoms with van der Waals surface area (Å²) < 4.78 is 1.63. The van der Waals surface area contributed by atoms with Crippen molar-refractivity contribution in [3.8, 4) is 5.69 Å². The molecule has 1 heterocycles. The SMILES string of the molecule is CCCCNC(=O)CSc1nc2ccccc2c(=O)n1-c1cc(C)ccc1C. The predicted molar refractivity (Wildman–Crippen MR) is 115 cm³/mol. The standard InChI is InChI=1S/C22H25N3O2S/c1-4-5-12-23-20(26)14-28-22-24-18-9-7-6-8-17(18)21(27)25(22)19-13-15(2)10-11-16(19)3/h6-11,13H,4-5,12,14H2,1-3H3,(H,23,26). The monoisotopic (exact) mass is 395 g/mol. The van der Waals surface area contributed by atoms with E-state index in [1.807, 2.05) is 50.2 Å². The summed E-state index contributed by atoms with van der Waals surface area (Å²) in [5, 5.41) is 4.01. The fourth-order valence-electron chi connectivity index (χ4n) is 2.97. The Morgan fingerprint density at radius 1 is 1.18 bits per heavy atom. The van der Waals surface area contributed by atoms with E-state index in [4.69, 9.17) is 4.98 Å². The van der Waals surface area contributed by atoms with Gasteiger partial charge in [-0.3, -0.25) is 14.2 Å². The van der Waals surface area contributed by atoms with Crippen LogP contribution < -0.4 is 10.9 Å². The molecule has 0 radical (unpaired) electrons. The van der Waals surface area contributed by atoms with E-state index in [2.05, 4.69) is 12.2 Å². The molecular formula is C22H25N3O2S. The van der Waals surface area contributed by atoms with E-state index in [9.17, 15) is 9.59 Å². The molecule has 5 nitrogen and oxygen atoms in total. The summed E-state index contributed by atoms with van der Waals surface area (Å²) in [5.74, 6) is 0.174. The first-order valence-electron chi connectivity index (χ1n) is 9.50. The largest absolute Gasteiger partial charge is 0.355 e. The van der Waals surface area contributed by atoms with Crippen molar-refractivity contribution >= 4 is 28.6 Å². The lowest BCUT2D eigenvalue weighted by atomic mass is 10.1. The first-order chi connectivity index (χ1) is 13.5. The van der Waals surface area contributed by atoms with Crippen LogP contribution in [0.5, 0.6) is 0 Å². The minimum Gasteiger partial charge on any atom is -0.355 e. The van der Waals surface area contributed by atoms with Crippen molar-refractivity contribution in [2.45, 2.75) is 38.8 Å². The highest BCUT2D eigenvalue weighted by molar-refractivity contribution is 7.99. The number of rotatable bonds is 7. The third-order valence-corrected chi connectivity index (χ3v) is 5.47. The number of carbonyl (C=O) groups is 1. The molecule has 0 fully saturated rings. The second-order valence-corrected chi connectivity index (χ2v) is 7.78. The maximum absolute atomic E-state index is 13.3. The Labute approximate surface area is 169 Å². The Morgan fingerprint density at radius 3 is 2.75 bits per heavy atom. The highest BCUT2D eigenvalue weighted by Gasteiger charge is 2.16. The van der Waals surface area contributed by atoms with Crippen molar-refractivity contribution in [3.05, 3.63) is 63.9 Å². The number of carbonyl (C=O) groups excluding carboxylic acids is 1. The number of nitrogens with one attached hydrogen (secondary N) is 1. The van der Waals surface area contributed by atoms with Gasteiger partial charge in [0.1, 0.15) is 0 Å². The molecule has 0 aliphatic rings. The number of amides is 1. The molecule has 2 aromatic carbocycles. The van der Waals surface area contributed by atoms with Crippen molar-refractivity contribution in [2.24, 2.45) is 0 Å². The zero-order valence-electron chi connectivity index (χ0n) is 16.5. The summed E-state index contributed by atoms with van der Waals surface area (Å²) in [5.41, 5.74) is 3.38. The zero-order chi connectivity index (χ0) is 20.1. The first kappa shape index (κ1) is 20.1. The summed E-state index contributed by atoms with van der Waals surface area (Å²) >= 11 is 1.29. The molecule has 3 rings (SSSR count). The van der Waals surface area contributed by atoms with Gasteiger partial charge in [0, 0.05) is 6.54 Å². The van der Waals surface area contributed by atoms with Gasteiger partial charge in [-0.05, 0) is 49.6 Å². The molecule has 1 aromatic heterocycles. The molecule has 0 bridgehead atoms. The molecule has 0 aliphatic heterocycles. The molecule has 0 atom stereocenters. The fraction of sp³-hybridized carbons (Fsp3) is 0.318. The summed E-state index contributed by atoms with van der Waals surface area (Å²) in [6, 6.07) is 13.3. The number of nitrogens with zero attached hydrogens (tertiary/aromatic N) is 2. The molecule has 0 aliphatic carbocycles. The van der Waals surface area contributed by atoms with Crippen LogP contribution in [0.3, 0.4) is 0 Å². The maximum Gasteiger partial charge on any atom is 0.266 e. The van der Waals surface area contributed by atoms with Gasteiger partial charge in [-0.1, -0.05) is 49.4 Å². The minimum atomic E-state index is -0.117. The van der Waals surface area contributed by atoms with Crippen molar-refractivity contribution in [1.82, 2.24) is 14.9 Å². The number of fused-ring (bicyclic) bond motifs is 1. The molecule has 0 saturated heterocycles. The third kappa shape index (κ3) is 4.44. The van der Waals surface area contributed by atoms with Gasteiger partial charge in [0.15, 0.2) is 5.16 Å². The lowest BCUT2D eigenvalue weighted by Gasteiger charge is -2.15. The van der Waals surface area contributed by atoms with Crippen molar-refractivity contribution in [2.75, 3.05) is 12.3 Å². The van der Waals surface area contributed by atoms with Gasteiger partial charge in [0.25, 0.3) is 5.56 Å². The van der Waals surface area contributed by atoms with Crippen LogP contribution in [0.2, 0.25) is 0 Å². The van der Waals surface area contributed by atoms with Crippen LogP contribution in [0.4, 0.5) is 0 Å². The molecule has 146 valence electrons. The Morgan fingerprint density at radius 2 is 1.96 bits per heavy atom. The average Bonchev–Trinajstić information content (AvgIpc) is 2.69. The summed E-state index contributed by atoms with van der Waals surface area (Å²) in [7, 11) is 0. The van der Waals surface area contributed by atoms with E-state index >= 15 is 0 Å². The van der Waals surface area contributed by atoms with E-state index in [0.29, 0.717) is 22.6 Å². The molecule has 1 N–H and O–H groups in total. The normalized spacial score (nSPS) is 11.0. The molecule has 0 saturated carbocycles. The van der Waals surface area contributed by atoms with Crippen LogP contribution in [0, 0.1) is 13.8 Å². The lowest BCUT2D eigenvalue weighted by molar-refractivity contribution is -0.118. The second kappa shape index (κ2) is 9.06. The van der Waals surface area contributed by atoms with E-state index < -0.39 is 0 Å². The fourth-order valence-corrected chi connectivity index (χ4v) is 3.80. The molecule has 3 aromatic rings. The third-order valence-electron chi connectivity index (χ3n) is 4.54. The van der Waals surface area contributed by atoms with Crippen molar-refractivity contribution in [3.63, 3.8) is 0 Å². The van der Waals surface area contributed by atoms with Crippen molar-refractivity contribution in [1.29, 1.82) is 0 Å². The number of thioether (sulfide) groups is 1. The van der Waals surface area contributed by atoms with Gasteiger partial charge in [-0.25, -0.2) is 4.98 Å². The maximum atomic E-state index is 13.3. The van der Waals surface area contributed by atoms with Crippen LogP contribution in [0.15, 0.2) is 52.4 Å². The van der Waals surface area contributed by atoms with E-state index in [-0.39, 0.29) is 17.2 Å². The number of para-hydroxylation sites is 1. The number of aromatic nitrogens is 2. The van der Waals surface area contributed by atoms with Gasteiger partial charge in [-0.2, -0.15) is 0 Å². The van der Waals surface area contributed by atoms with Crippen LogP contribution in [0.25, 0.3) is 16.6 Å². The Balaban J connectivity index is 2.04. The van der Waals surface area contributed by atoms with Crippen LogP contribution in [0.1, 0.15) is 30.9 Å². The Bertz CT molecular complexity index is 1060. The van der Waals surface area contributed by atoms with Gasteiger partial charge in [0.2, 0.25) is 5.91 Å². The minimum absolute atomic E-state index is 0.0478. The molecular weight excluding hydrogens is 370 g/mol. The smallest absolute Gasteiger partial charge is 0.266 e. The zero-order valence-corrected chi connectivity index (χ0v) is 17.3. The average molecular weight is 396 g/mol. The van der Waals surface area contributed by atoms with E-state index in [1.165, 1.54) is 11.8 Å². The molecule has 0 spiro atoms. The van der Waals surface area contributed by atoms with Gasteiger partial charge < -0.3 is 5.32 Å². The summed E-state index contributed by atoms with van der Waals surface area (Å²) in [6.07, 6.45) is 1.99. The summed E-state index contributed by atoms with van der Waals surface area (Å²) in [4.78, 5) is 30.1. The summed E-state index contributed by atoms with van der Waals surface area (Å²) in [6.45, 7) is 6.73. The second-order valence-electron chi connectivity index (χ2n) is 6.83. The quantitative estimate of drug-likeness (QED) is 0.373. The highest BCUT2D eigenvalue weighted by atomic mass is 32.2. The molecule has 28 heavy (non-hydrogen) atoms. The molecule has 1 amide bonds. The van der Waals surface area contributed by atoms with E-state index in [0.717, 1.165) is 29.7 Å². The number of hydrogen-bond donors (Lipinski definition) is 1. The predicted octanol–water partition coefficient (Wildman–Crippen LogP) is 4.01. The number of unbranched alkanes of at least 4 members (excludes halogenated alkanes) is 1. The van der Waals surface area contributed by atoms with E-state index in [1.54, 1.807) is 10.6 Å². The van der Waals surface area contributed by atoms with Crippen LogP contribution in [-0.2, 0) is 4.79 Å².